The molecule has 0 bridgehead atoms. The van der Waals surface area contributed by atoms with Crippen LogP contribution in [0.3, 0.4) is 0 Å². The number of allylic oxidation sites excluding steroid dienone is 10. The molecular formula is C52H50N4S. The molecule has 0 saturated carbocycles. The second-order valence-corrected chi connectivity index (χ2v) is 19.2. The van der Waals surface area contributed by atoms with Gasteiger partial charge in [0.15, 0.2) is 0 Å². The van der Waals surface area contributed by atoms with E-state index in [-0.39, 0.29) is 12.3 Å². The van der Waals surface area contributed by atoms with Crippen LogP contribution in [0.15, 0.2) is 196 Å². The Hall–Kier alpha value is -5.62. The summed E-state index contributed by atoms with van der Waals surface area (Å²) in [5.41, 5.74) is 7.53. The van der Waals surface area contributed by atoms with Crippen molar-refractivity contribution in [2.24, 2.45) is 4.99 Å². The Balaban J connectivity index is 1.19. The van der Waals surface area contributed by atoms with Crippen LogP contribution in [0.1, 0.15) is 74.0 Å². The zero-order chi connectivity index (χ0) is 38.2. The van der Waals surface area contributed by atoms with Gasteiger partial charge in [0, 0.05) is 34.3 Å². The van der Waals surface area contributed by atoms with Crippen molar-refractivity contribution in [3.05, 3.63) is 198 Å². The van der Waals surface area contributed by atoms with Crippen molar-refractivity contribution in [1.29, 1.82) is 0 Å². The Labute approximate surface area is 338 Å². The summed E-state index contributed by atoms with van der Waals surface area (Å²) >= 11 is 0. The van der Waals surface area contributed by atoms with Crippen LogP contribution in [0.2, 0.25) is 0 Å². The molecule has 10 rings (SSSR count). The maximum atomic E-state index is 5.51. The Morgan fingerprint density at radius 3 is 2.12 bits per heavy atom. The van der Waals surface area contributed by atoms with Gasteiger partial charge >= 0.3 is 0 Å². The van der Waals surface area contributed by atoms with Gasteiger partial charge in [-0.2, -0.15) is 10.0 Å². The van der Waals surface area contributed by atoms with Gasteiger partial charge in [-0.3, -0.25) is 5.32 Å². The summed E-state index contributed by atoms with van der Waals surface area (Å²) in [6.45, 7) is 0. The first-order valence-electron chi connectivity index (χ1n) is 20.7. The van der Waals surface area contributed by atoms with Crippen LogP contribution in [0.5, 0.6) is 0 Å². The van der Waals surface area contributed by atoms with E-state index in [2.05, 4.69) is 198 Å². The van der Waals surface area contributed by atoms with Gasteiger partial charge in [-0.25, -0.2) is 4.99 Å². The lowest BCUT2D eigenvalue weighted by Gasteiger charge is -2.50. The molecule has 3 aliphatic carbocycles. The molecule has 0 spiro atoms. The number of aromatic nitrogens is 1. The molecule has 1 N–H and O–H groups in total. The van der Waals surface area contributed by atoms with Gasteiger partial charge in [-0.15, -0.1) is 0 Å². The number of amidine groups is 1. The molecule has 4 unspecified atom stereocenters. The molecule has 0 fully saturated rings. The van der Waals surface area contributed by atoms with Crippen LogP contribution in [0, 0.1) is 0 Å². The van der Waals surface area contributed by atoms with Gasteiger partial charge in [-0.1, -0.05) is 134 Å². The molecule has 0 amide bonds. The van der Waals surface area contributed by atoms with Gasteiger partial charge < -0.3 is 9.47 Å². The third-order valence-corrected chi connectivity index (χ3v) is 17.0. The van der Waals surface area contributed by atoms with Crippen LogP contribution in [-0.2, 0) is 0 Å². The second kappa shape index (κ2) is 15.4. The maximum Gasteiger partial charge on any atom is 0.134 e. The van der Waals surface area contributed by atoms with Gasteiger partial charge in [0.2, 0.25) is 0 Å². The van der Waals surface area contributed by atoms with Crippen LogP contribution in [-0.4, -0.2) is 27.6 Å². The second-order valence-electron chi connectivity index (χ2n) is 15.7. The summed E-state index contributed by atoms with van der Waals surface area (Å²) in [7, 11) is 0.485. The number of benzene rings is 5. The zero-order valence-electron chi connectivity index (χ0n) is 32.7. The number of aliphatic imine (C=N–C) groups is 1. The van der Waals surface area contributed by atoms with E-state index in [0.717, 1.165) is 44.4 Å². The number of hydrogen-bond acceptors (Lipinski definition) is 3. The SMILES string of the molecule is CN1C(c2cccc(S(C3=CC=CCC3)(c3ccc4c(c3)c3ccccc3n4C3=CC=CCC3)C3CC=CCC3)c2)=NC(c2ccccc2)NC1c1ccccc1. The van der Waals surface area contributed by atoms with Crippen molar-refractivity contribution < 1.29 is 0 Å². The highest BCUT2D eigenvalue weighted by atomic mass is 32.3. The number of para-hydroxylation sites is 1. The molecule has 4 aliphatic rings. The minimum atomic E-state index is -1.71. The van der Waals surface area contributed by atoms with E-state index in [1.807, 2.05) is 0 Å². The molecule has 5 heteroatoms. The minimum Gasteiger partial charge on any atom is -0.340 e. The number of fused-ring (bicyclic) bond motifs is 3. The van der Waals surface area contributed by atoms with E-state index in [1.165, 1.54) is 60.4 Å². The topological polar surface area (TPSA) is 32.6 Å². The predicted octanol–water partition coefficient (Wildman–Crippen LogP) is 13.2. The highest BCUT2D eigenvalue weighted by molar-refractivity contribution is 8.37. The predicted molar refractivity (Wildman–Crippen MR) is 242 cm³/mol. The number of hydrogen-bond donors (Lipinski definition) is 1. The van der Waals surface area contributed by atoms with Crippen molar-refractivity contribution in [3.63, 3.8) is 0 Å². The van der Waals surface area contributed by atoms with Gasteiger partial charge in [0.25, 0.3) is 0 Å². The summed E-state index contributed by atoms with van der Waals surface area (Å²) in [5, 5.41) is 7.04. The molecule has 5 aromatic carbocycles. The highest BCUT2D eigenvalue weighted by Gasteiger charge is 2.41. The van der Waals surface area contributed by atoms with E-state index in [4.69, 9.17) is 4.99 Å². The summed E-state index contributed by atoms with van der Waals surface area (Å²) in [6.07, 6.45) is 26.3. The Morgan fingerprint density at radius 2 is 1.37 bits per heavy atom. The first-order valence-corrected chi connectivity index (χ1v) is 22.4. The molecule has 0 saturated heterocycles. The molecule has 57 heavy (non-hydrogen) atoms. The van der Waals surface area contributed by atoms with Gasteiger partial charge in [0.05, 0.1) is 11.0 Å². The van der Waals surface area contributed by atoms with Crippen molar-refractivity contribution in [2.45, 2.75) is 72.3 Å². The van der Waals surface area contributed by atoms with Crippen LogP contribution in [0.4, 0.5) is 0 Å². The molecule has 1 aromatic heterocycles. The fraction of sp³-hybridized carbons (Fsp3) is 0.212. The van der Waals surface area contributed by atoms with Crippen LogP contribution in [0.25, 0.3) is 27.5 Å². The standard InChI is InChI=1S/C52H50N4S/c1-55-51(39-22-9-3-10-23-39)53-50(38-20-7-2-8-21-38)54-52(55)40-24-19-31-44(36-40)57(42-27-13-5-14-28-42,43-29-15-6-16-30-43)45-34-35-49-47(37-45)46-32-17-18-33-48(46)56(49)41-25-11-4-12-26-41/h2-11,13,15,17-25,27,31-37,43,50-51,53H,12,14,16,26,28-30H2,1H3. The highest BCUT2D eigenvalue weighted by Crippen LogP contribution is 2.74. The van der Waals surface area contributed by atoms with E-state index in [0.29, 0.717) is 5.25 Å². The molecule has 6 aromatic rings. The molecule has 4 atom stereocenters. The number of rotatable bonds is 8. The maximum absolute atomic E-state index is 5.51. The molecule has 2 heterocycles. The first-order chi connectivity index (χ1) is 28.2. The van der Waals surface area contributed by atoms with Crippen molar-refractivity contribution in [2.75, 3.05) is 7.05 Å². The van der Waals surface area contributed by atoms with Crippen LogP contribution < -0.4 is 5.32 Å². The van der Waals surface area contributed by atoms with E-state index >= 15 is 0 Å². The smallest absolute Gasteiger partial charge is 0.134 e. The lowest BCUT2D eigenvalue weighted by atomic mass is 10.1. The van der Waals surface area contributed by atoms with Crippen molar-refractivity contribution >= 4 is 43.4 Å². The summed E-state index contributed by atoms with van der Waals surface area (Å²) in [6, 6.07) is 47.7. The van der Waals surface area contributed by atoms with Crippen molar-refractivity contribution in [1.82, 2.24) is 14.8 Å². The number of nitrogens with zero attached hydrogens (tertiary/aromatic N) is 3. The fourth-order valence-corrected chi connectivity index (χ4v) is 14.6. The first kappa shape index (κ1) is 35.8. The van der Waals surface area contributed by atoms with E-state index < -0.39 is 10.0 Å². The zero-order valence-corrected chi connectivity index (χ0v) is 33.5. The fourth-order valence-electron chi connectivity index (χ4n) is 9.72. The van der Waals surface area contributed by atoms with E-state index in [9.17, 15) is 0 Å². The molecule has 284 valence electrons. The normalized spacial score (nSPS) is 22.5. The van der Waals surface area contributed by atoms with Crippen LogP contribution >= 0.6 is 10.0 Å². The number of nitrogens with one attached hydrogen (secondary N) is 1. The lowest BCUT2D eigenvalue weighted by molar-refractivity contribution is 0.257. The Bertz CT molecular complexity index is 2630. The van der Waals surface area contributed by atoms with Crippen molar-refractivity contribution in [3.8, 4) is 0 Å². The third kappa shape index (κ3) is 6.34. The largest absolute Gasteiger partial charge is 0.340 e. The molecular weight excluding hydrogens is 713 g/mol. The molecule has 0 radical (unpaired) electrons. The summed E-state index contributed by atoms with van der Waals surface area (Å²) in [5.74, 6) is 1.01. The molecule has 4 nitrogen and oxygen atoms in total. The van der Waals surface area contributed by atoms with Gasteiger partial charge in [-0.05, 0) is 113 Å². The van der Waals surface area contributed by atoms with Gasteiger partial charge in [0.1, 0.15) is 18.2 Å². The quantitative estimate of drug-likeness (QED) is 0.157. The average molecular weight is 763 g/mol. The molecule has 1 aliphatic heterocycles. The summed E-state index contributed by atoms with van der Waals surface area (Å²) in [4.78, 5) is 12.4. The average Bonchev–Trinajstić information content (AvgIpc) is 3.62. The lowest BCUT2D eigenvalue weighted by Crippen LogP contribution is -2.46. The Morgan fingerprint density at radius 1 is 0.632 bits per heavy atom. The summed E-state index contributed by atoms with van der Waals surface area (Å²) < 4.78 is 2.53. The minimum absolute atomic E-state index is 0.0335. The van der Waals surface area contributed by atoms with E-state index in [1.54, 1.807) is 4.91 Å². The monoisotopic (exact) mass is 762 g/mol. The third-order valence-electron chi connectivity index (χ3n) is 12.4. The Kier molecular flexibility index (Phi) is 9.65.